The van der Waals surface area contributed by atoms with Crippen LogP contribution < -0.4 is 16.4 Å². The van der Waals surface area contributed by atoms with E-state index in [9.17, 15) is 9.59 Å². The molecule has 0 bridgehead atoms. The molecule has 2 amide bonds. The van der Waals surface area contributed by atoms with Gasteiger partial charge in [0.2, 0.25) is 11.8 Å². The number of carbonyl (C=O) groups is 2. The van der Waals surface area contributed by atoms with Gasteiger partial charge in [-0.2, -0.15) is 0 Å². The van der Waals surface area contributed by atoms with Gasteiger partial charge in [0.25, 0.3) is 0 Å². The SMILES string of the molecule is NC(=S)C1(C(=O)NC2CNC(=O)C2)CCCCCC1. The molecule has 6 heteroatoms. The Balaban J connectivity index is 2.07. The Hall–Kier alpha value is -1.17. The maximum Gasteiger partial charge on any atom is 0.233 e. The van der Waals surface area contributed by atoms with Crippen LogP contribution >= 0.6 is 12.2 Å². The molecule has 1 saturated carbocycles. The van der Waals surface area contributed by atoms with Crippen molar-refractivity contribution < 1.29 is 9.59 Å². The number of nitrogens with two attached hydrogens (primary N) is 1. The van der Waals surface area contributed by atoms with Crippen molar-refractivity contribution in [1.82, 2.24) is 10.6 Å². The van der Waals surface area contributed by atoms with Gasteiger partial charge in [-0.05, 0) is 12.8 Å². The monoisotopic (exact) mass is 283 g/mol. The van der Waals surface area contributed by atoms with Crippen LogP contribution in [-0.2, 0) is 9.59 Å². The molecule has 1 heterocycles. The van der Waals surface area contributed by atoms with Gasteiger partial charge in [-0.15, -0.1) is 0 Å². The molecule has 1 saturated heterocycles. The first kappa shape index (κ1) is 14.2. The number of rotatable bonds is 3. The maximum absolute atomic E-state index is 12.6. The summed E-state index contributed by atoms with van der Waals surface area (Å²) in [7, 11) is 0. The number of carbonyl (C=O) groups excluding carboxylic acids is 2. The third-order valence-electron chi connectivity index (χ3n) is 4.18. The van der Waals surface area contributed by atoms with E-state index in [1.165, 1.54) is 0 Å². The Labute approximate surface area is 118 Å². The Bertz CT molecular complexity index is 389. The van der Waals surface area contributed by atoms with Crippen LogP contribution in [0.15, 0.2) is 0 Å². The van der Waals surface area contributed by atoms with E-state index in [1.54, 1.807) is 0 Å². The molecular weight excluding hydrogens is 262 g/mol. The van der Waals surface area contributed by atoms with E-state index in [-0.39, 0.29) is 17.9 Å². The molecule has 0 aromatic rings. The van der Waals surface area contributed by atoms with E-state index >= 15 is 0 Å². The van der Waals surface area contributed by atoms with Crippen molar-refractivity contribution in [3.05, 3.63) is 0 Å². The first-order chi connectivity index (χ1) is 9.04. The quantitative estimate of drug-likeness (QED) is 0.523. The van der Waals surface area contributed by atoms with Crippen LogP contribution in [0.3, 0.4) is 0 Å². The van der Waals surface area contributed by atoms with Crippen molar-refractivity contribution in [2.24, 2.45) is 11.1 Å². The predicted octanol–water partition coefficient (Wildman–Crippen LogP) is 0.618. The van der Waals surface area contributed by atoms with E-state index in [0.717, 1.165) is 38.5 Å². The summed E-state index contributed by atoms with van der Waals surface area (Å²) < 4.78 is 0. The number of hydrogen-bond acceptors (Lipinski definition) is 3. The maximum atomic E-state index is 12.6. The van der Waals surface area contributed by atoms with Gasteiger partial charge in [0, 0.05) is 13.0 Å². The summed E-state index contributed by atoms with van der Waals surface area (Å²) in [6.45, 7) is 0.498. The zero-order valence-electron chi connectivity index (χ0n) is 11.0. The second kappa shape index (κ2) is 5.86. The topological polar surface area (TPSA) is 84.2 Å². The standard InChI is InChI=1S/C13H21N3O2S/c14-11(19)13(5-3-1-2-4-6-13)12(18)16-9-7-10(17)15-8-9/h9H,1-8H2,(H2,14,19)(H,15,17)(H,16,18). The summed E-state index contributed by atoms with van der Waals surface area (Å²) in [5.41, 5.74) is 5.15. The minimum absolute atomic E-state index is 0.0180. The van der Waals surface area contributed by atoms with Gasteiger partial charge in [-0.1, -0.05) is 37.9 Å². The molecule has 1 atom stereocenters. The van der Waals surface area contributed by atoms with Crippen LogP contribution in [0.4, 0.5) is 0 Å². The highest BCUT2D eigenvalue weighted by atomic mass is 32.1. The molecule has 0 aromatic heterocycles. The van der Waals surface area contributed by atoms with Crippen LogP contribution in [0.25, 0.3) is 0 Å². The summed E-state index contributed by atoms with van der Waals surface area (Å²) >= 11 is 5.16. The minimum atomic E-state index is -0.711. The Morgan fingerprint density at radius 3 is 2.42 bits per heavy atom. The van der Waals surface area contributed by atoms with E-state index in [4.69, 9.17) is 18.0 Å². The molecule has 0 spiro atoms. The highest BCUT2D eigenvalue weighted by molar-refractivity contribution is 7.80. The van der Waals surface area contributed by atoms with Gasteiger partial charge < -0.3 is 16.4 Å². The Morgan fingerprint density at radius 2 is 1.95 bits per heavy atom. The molecule has 2 rings (SSSR count). The first-order valence-electron chi connectivity index (χ1n) is 6.92. The summed E-state index contributed by atoms with van der Waals surface area (Å²) in [6.07, 6.45) is 6.01. The van der Waals surface area contributed by atoms with Gasteiger partial charge in [0.05, 0.1) is 16.4 Å². The van der Waals surface area contributed by atoms with Gasteiger partial charge in [-0.3, -0.25) is 9.59 Å². The molecule has 2 aliphatic rings. The lowest BCUT2D eigenvalue weighted by Gasteiger charge is -2.31. The molecule has 5 nitrogen and oxygen atoms in total. The molecule has 1 aliphatic heterocycles. The largest absolute Gasteiger partial charge is 0.392 e. The van der Waals surface area contributed by atoms with Crippen molar-refractivity contribution in [2.45, 2.75) is 51.0 Å². The van der Waals surface area contributed by atoms with E-state index in [2.05, 4.69) is 10.6 Å². The Morgan fingerprint density at radius 1 is 1.32 bits per heavy atom. The third kappa shape index (κ3) is 3.05. The lowest BCUT2D eigenvalue weighted by Crippen LogP contribution is -2.51. The molecule has 106 valence electrons. The van der Waals surface area contributed by atoms with Crippen LogP contribution in [-0.4, -0.2) is 29.4 Å². The summed E-state index contributed by atoms with van der Waals surface area (Å²) in [6, 6.07) is -0.130. The lowest BCUT2D eigenvalue weighted by atomic mass is 9.79. The van der Waals surface area contributed by atoms with Crippen molar-refractivity contribution >= 4 is 29.0 Å². The molecule has 0 radical (unpaired) electrons. The highest BCUT2D eigenvalue weighted by Crippen LogP contribution is 2.36. The number of amides is 2. The molecule has 2 fully saturated rings. The summed E-state index contributed by atoms with van der Waals surface area (Å²) in [5, 5.41) is 5.65. The normalized spacial score (nSPS) is 26.3. The Kier molecular flexibility index (Phi) is 4.39. The van der Waals surface area contributed by atoms with Crippen LogP contribution in [0.1, 0.15) is 44.9 Å². The number of hydrogen-bond donors (Lipinski definition) is 3. The molecule has 19 heavy (non-hydrogen) atoms. The summed E-state index contributed by atoms with van der Waals surface area (Å²) in [5.74, 6) is -0.112. The van der Waals surface area contributed by atoms with Crippen molar-refractivity contribution in [1.29, 1.82) is 0 Å². The zero-order chi connectivity index (χ0) is 13.9. The second-order valence-electron chi connectivity index (χ2n) is 5.54. The molecule has 1 unspecified atom stereocenters. The van der Waals surface area contributed by atoms with Gasteiger partial charge >= 0.3 is 0 Å². The van der Waals surface area contributed by atoms with Gasteiger partial charge in [-0.25, -0.2) is 0 Å². The predicted molar refractivity (Wildman–Crippen MR) is 76.5 cm³/mol. The van der Waals surface area contributed by atoms with Crippen molar-refractivity contribution in [2.75, 3.05) is 6.54 Å². The third-order valence-corrected chi connectivity index (χ3v) is 4.57. The van der Waals surface area contributed by atoms with Gasteiger partial charge in [0.1, 0.15) is 0 Å². The number of thiocarbonyl (C=S) groups is 1. The van der Waals surface area contributed by atoms with Crippen molar-refractivity contribution in [3.63, 3.8) is 0 Å². The molecule has 4 N–H and O–H groups in total. The first-order valence-corrected chi connectivity index (χ1v) is 7.33. The second-order valence-corrected chi connectivity index (χ2v) is 5.98. The van der Waals surface area contributed by atoms with Crippen LogP contribution in [0.2, 0.25) is 0 Å². The van der Waals surface area contributed by atoms with E-state index < -0.39 is 5.41 Å². The average Bonchev–Trinajstić information content (AvgIpc) is 2.65. The fourth-order valence-electron chi connectivity index (χ4n) is 2.95. The summed E-state index contributed by atoms with van der Waals surface area (Å²) in [4.78, 5) is 24.0. The zero-order valence-corrected chi connectivity index (χ0v) is 11.9. The molecule has 1 aliphatic carbocycles. The highest BCUT2D eigenvalue weighted by Gasteiger charge is 2.42. The van der Waals surface area contributed by atoms with Gasteiger partial charge in [0.15, 0.2) is 0 Å². The van der Waals surface area contributed by atoms with Crippen LogP contribution in [0.5, 0.6) is 0 Å². The minimum Gasteiger partial charge on any atom is -0.392 e. The molecule has 0 aromatic carbocycles. The fraction of sp³-hybridized carbons (Fsp3) is 0.769. The lowest BCUT2D eigenvalue weighted by molar-refractivity contribution is -0.128. The van der Waals surface area contributed by atoms with Crippen molar-refractivity contribution in [3.8, 4) is 0 Å². The van der Waals surface area contributed by atoms with E-state index in [1.807, 2.05) is 0 Å². The van der Waals surface area contributed by atoms with E-state index in [0.29, 0.717) is 18.0 Å². The number of nitrogens with one attached hydrogen (secondary N) is 2. The van der Waals surface area contributed by atoms with Crippen LogP contribution in [0, 0.1) is 5.41 Å². The smallest absolute Gasteiger partial charge is 0.233 e. The molecular formula is C13H21N3O2S. The average molecular weight is 283 g/mol. The fourth-order valence-corrected chi connectivity index (χ4v) is 3.25.